The molecule has 6 heteroatoms. The van der Waals surface area contributed by atoms with Gasteiger partial charge in [-0.25, -0.2) is 4.79 Å². The molecule has 0 unspecified atom stereocenters. The Kier molecular flexibility index (Phi) is 1.31. The number of nitro benzene ring substituents is 1. The molecule has 0 fully saturated rings. The quantitative estimate of drug-likeness (QED) is 0.530. The number of phenols is 1. The SMILES string of the molecule is [2H]c1c([2H])c([N+](=O)[O-])c(C(=O)O)c([2H])c1O. The molecule has 1 aromatic carbocycles. The molecule has 0 amide bonds. The number of rotatable bonds is 2. The Labute approximate surface area is 76.4 Å². The summed E-state index contributed by atoms with van der Waals surface area (Å²) < 4.78 is 21.4. The summed E-state index contributed by atoms with van der Waals surface area (Å²) in [6.45, 7) is 0. The van der Waals surface area contributed by atoms with Crippen LogP contribution in [0.25, 0.3) is 0 Å². The molecule has 13 heavy (non-hydrogen) atoms. The average Bonchev–Trinajstić information content (AvgIpc) is 2.18. The number of nitrogens with zero attached hydrogens (tertiary/aromatic N) is 1. The fourth-order valence-corrected chi connectivity index (χ4v) is 0.681. The zero-order valence-electron chi connectivity index (χ0n) is 9.07. The van der Waals surface area contributed by atoms with Gasteiger partial charge in [0.05, 0.1) is 9.04 Å². The van der Waals surface area contributed by atoms with Crippen LogP contribution in [0.1, 0.15) is 14.5 Å². The van der Waals surface area contributed by atoms with E-state index in [0.29, 0.717) is 0 Å². The summed E-state index contributed by atoms with van der Waals surface area (Å²) in [6.07, 6.45) is 0. The molecule has 0 heterocycles. The van der Waals surface area contributed by atoms with Crippen molar-refractivity contribution in [2.75, 3.05) is 0 Å². The fraction of sp³-hybridized carbons (Fsp3) is 0. The van der Waals surface area contributed by atoms with Crippen molar-refractivity contribution in [1.29, 1.82) is 0 Å². The van der Waals surface area contributed by atoms with Crippen molar-refractivity contribution in [3.05, 3.63) is 33.8 Å². The first kappa shape index (κ1) is 5.52. The van der Waals surface area contributed by atoms with Gasteiger partial charge in [-0.05, 0) is 6.04 Å². The molecule has 2 N–H and O–H groups in total. The number of nitro groups is 1. The number of hydrogen-bond donors (Lipinski definition) is 2. The van der Waals surface area contributed by atoms with E-state index in [1.54, 1.807) is 0 Å². The van der Waals surface area contributed by atoms with Crippen LogP contribution in [0.2, 0.25) is 0 Å². The lowest BCUT2D eigenvalue weighted by atomic mass is 10.2. The molecule has 6 nitrogen and oxygen atoms in total. The van der Waals surface area contributed by atoms with Gasteiger partial charge >= 0.3 is 5.97 Å². The summed E-state index contributed by atoms with van der Waals surface area (Å²) in [5.74, 6) is -2.87. The van der Waals surface area contributed by atoms with E-state index in [2.05, 4.69) is 0 Å². The number of aromatic hydroxyl groups is 1. The van der Waals surface area contributed by atoms with Crippen molar-refractivity contribution >= 4 is 11.7 Å². The van der Waals surface area contributed by atoms with E-state index in [1.165, 1.54) is 0 Å². The molecule has 0 aliphatic rings. The Morgan fingerprint density at radius 1 is 1.62 bits per heavy atom. The normalized spacial score (nSPS) is 12.8. The van der Waals surface area contributed by atoms with E-state index in [9.17, 15) is 14.9 Å². The molecule has 0 aromatic heterocycles. The molecule has 0 radical (unpaired) electrons. The van der Waals surface area contributed by atoms with Crippen molar-refractivity contribution in [3.63, 3.8) is 0 Å². The summed E-state index contributed by atoms with van der Waals surface area (Å²) in [6, 6.07) is -3.02. The van der Waals surface area contributed by atoms with Crippen LogP contribution in [0.3, 0.4) is 0 Å². The minimum Gasteiger partial charge on any atom is -0.508 e. The summed E-state index contributed by atoms with van der Waals surface area (Å²) in [7, 11) is 0. The highest BCUT2D eigenvalue weighted by molar-refractivity contribution is 5.92. The van der Waals surface area contributed by atoms with Crippen LogP contribution >= 0.6 is 0 Å². The number of carbonyl (C=O) groups is 1. The Hall–Kier alpha value is -2.11. The van der Waals surface area contributed by atoms with Crippen molar-refractivity contribution in [3.8, 4) is 5.75 Å². The van der Waals surface area contributed by atoms with Gasteiger partial charge in [0.1, 0.15) is 11.3 Å². The molecule has 0 aliphatic heterocycles. The Morgan fingerprint density at radius 3 is 2.69 bits per heavy atom. The maximum Gasteiger partial charge on any atom is 0.342 e. The Morgan fingerprint density at radius 2 is 2.23 bits per heavy atom. The second kappa shape index (κ2) is 3.10. The number of carboxylic acids is 1. The largest absolute Gasteiger partial charge is 0.508 e. The van der Waals surface area contributed by atoms with E-state index in [0.717, 1.165) is 0 Å². The monoisotopic (exact) mass is 186 g/mol. The summed E-state index contributed by atoms with van der Waals surface area (Å²) in [4.78, 5) is 20.1. The number of hydrogen-bond acceptors (Lipinski definition) is 4. The molecule has 0 atom stereocenters. The van der Waals surface area contributed by atoms with Crippen LogP contribution in [0.4, 0.5) is 5.69 Å². The predicted molar refractivity (Wildman–Crippen MR) is 41.7 cm³/mol. The maximum atomic E-state index is 10.7. The van der Waals surface area contributed by atoms with Crippen LogP contribution in [-0.2, 0) is 0 Å². The molecular weight excluding hydrogens is 178 g/mol. The van der Waals surface area contributed by atoms with E-state index < -0.39 is 46.0 Å². The average molecular weight is 186 g/mol. The van der Waals surface area contributed by atoms with Crippen molar-refractivity contribution in [2.24, 2.45) is 0 Å². The minimum atomic E-state index is -1.81. The molecular formula is C7H5NO5. The first-order valence-corrected chi connectivity index (χ1v) is 2.99. The third-order valence-corrected chi connectivity index (χ3v) is 1.18. The van der Waals surface area contributed by atoms with E-state index in [4.69, 9.17) is 14.3 Å². The standard InChI is InChI=1S/C7H5NO5/c9-4-1-2-6(8(12)13)5(3-4)7(10)11/h1-3,9H,(H,10,11)/i1D,2D,3D. The minimum absolute atomic E-state index is 0.943. The van der Waals surface area contributed by atoms with Crippen molar-refractivity contribution in [1.82, 2.24) is 0 Å². The molecule has 0 aliphatic carbocycles. The first-order chi connectivity index (χ1) is 7.29. The number of benzene rings is 1. The van der Waals surface area contributed by atoms with Gasteiger partial charge in [-0.1, -0.05) is 0 Å². The summed E-state index contributed by atoms with van der Waals surface area (Å²) in [5, 5.41) is 28.3. The van der Waals surface area contributed by atoms with Crippen LogP contribution in [-0.4, -0.2) is 21.1 Å². The Balaban J connectivity index is 3.83. The molecule has 68 valence electrons. The van der Waals surface area contributed by atoms with Gasteiger partial charge in [0.15, 0.2) is 0 Å². The van der Waals surface area contributed by atoms with Gasteiger partial charge in [0.2, 0.25) is 0 Å². The molecule has 1 rings (SSSR count). The van der Waals surface area contributed by atoms with Gasteiger partial charge in [-0.2, -0.15) is 0 Å². The van der Waals surface area contributed by atoms with Gasteiger partial charge in [-0.15, -0.1) is 0 Å². The van der Waals surface area contributed by atoms with Gasteiger partial charge in [0, 0.05) is 12.1 Å². The Bertz CT molecular complexity index is 457. The number of carboxylic acid groups (broad SMARTS) is 1. The number of phenolic OH excluding ortho intramolecular Hbond substituents is 1. The highest BCUT2D eigenvalue weighted by Gasteiger charge is 2.19. The van der Waals surface area contributed by atoms with Crippen LogP contribution in [0.15, 0.2) is 18.1 Å². The number of aromatic carboxylic acids is 1. The topological polar surface area (TPSA) is 101 Å². The highest BCUT2D eigenvalue weighted by Crippen LogP contribution is 2.22. The van der Waals surface area contributed by atoms with Gasteiger partial charge in [-0.3, -0.25) is 10.1 Å². The molecule has 0 bridgehead atoms. The van der Waals surface area contributed by atoms with E-state index >= 15 is 0 Å². The smallest absolute Gasteiger partial charge is 0.342 e. The van der Waals surface area contributed by atoms with Gasteiger partial charge in [0.25, 0.3) is 5.69 Å². The van der Waals surface area contributed by atoms with Gasteiger partial charge < -0.3 is 10.2 Å². The fourth-order valence-electron chi connectivity index (χ4n) is 0.681. The summed E-state index contributed by atoms with van der Waals surface area (Å²) in [5.41, 5.74) is -2.26. The third kappa shape index (κ3) is 1.73. The zero-order chi connectivity index (χ0) is 12.6. The lowest BCUT2D eigenvalue weighted by molar-refractivity contribution is -0.385. The van der Waals surface area contributed by atoms with Crippen LogP contribution in [0, 0.1) is 10.1 Å². The lowest BCUT2D eigenvalue weighted by Gasteiger charge is -1.97. The predicted octanol–water partition coefficient (Wildman–Crippen LogP) is 0.999. The molecule has 1 aromatic rings. The van der Waals surface area contributed by atoms with Crippen molar-refractivity contribution < 1.29 is 24.0 Å². The summed E-state index contributed by atoms with van der Waals surface area (Å²) >= 11 is 0. The second-order valence-electron chi connectivity index (χ2n) is 2.01. The second-order valence-corrected chi connectivity index (χ2v) is 2.01. The molecule has 0 saturated heterocycles. The van der Waals surface area contributed by atoms with E-state index in [-0.39, 0.29) is 0 Å². The maximum absolute atomic E-state index is 10.7. The van der Waals surface area contributed by atoms with Crippen molar-refractivity contribution in [2.45, 2.75) is 0 Å². The van der Waals surface area contributed by atoms with E-state index in [1.807, 2.05) is 0 Å². The molecule has 0 spiro atoms. The zero-order valence-corrected chi connectivity index (χ0v) is 6.07. The van der Waals surface area contributed by atoms with Crippen LogP contribution in [0.5, 0.6) is 5.75 Å². The highest BCUT2D eigenvalue weighted by atomic mass is 16.6. The molecule has 0 saturated carbocycles. The van der Waals surface area contributed by atoms with Crippen LogP contribution < -0.4 is 0 Å². The lowest BCUT2D eigenvalue weighted by Crippen LogP contribution is -2.01. The first-order valence-electron chi connectivity index (χ1n) is 4.49. The third-order valence-electron chi connectivity index (χ3n) is 1.18.